The van der Waals surface area contributed by atoms with Crippen LogP contribution in [0.25, 0.3) is 6.08 Å². The molecule has 0 radical (unpaired) electrons. The van der Waals surface area contributed by atoms with E-state index < -0.39 is 0 Å². The van der Waals surface area contributed by atoms with Gasteiger partial charge in [0, 0.05) is 11.0 Å². The van der Waals surface area contributed by atoms with Gasteiger partial charge in [-0.3, -0.25) is 4.79 Å². The van der Waals surface area contributed by atoms with E-state index in [1.165, 1.54) is 22.9 Å². The molecule has 0 unspecified atom stereocenters. The Labute approximate surface area is 165 Å². The zero-order valence-electron chi connectivity index (χ0n) is 16.3. The molecular formula is C23H26N2OS. The average Bonchev–Trinajstić information content (AvgIpc) is 2.79. The molecule has 1 aromatic carbocycles. The van der Waals surface area contributed by atoms with Gasteiger partial charge in [0.25, 0.3) is 0 Å². The van der Waals surface area contributed by atoms with Crippen LogP contribution in [-0.4, -0.2) is 5.91 Å². The summed E-state index contributed by atoms with van der Waals surface area (Å²) in [5.74, 6) is -0.192. The van der Waals surface area contributed by atoms with Crippen molar-refractivity contribution >= 4 is 28.3 Å². The fourth-order valence-corrected chi connectivity index (χ4v) is 4.61. The minimum atomic E-state index is -0.192. The van der Waals surface area contributed by atoms with Crippen LogP contribution in [0.5, 0.6) is 0 Å². The fraction of sp³-hybridized carbons (Fsp3) is 0.391. The van der Waals surface area contributed by atoms with E-state index in [9.17, 15) is 10.1 Å². The standard InChI is InChI=1S/C23H26N2OS/c1-23(2,3)17-12-9-16(10-13-17)11-14-21(26)25-22-19(15-24)18-7-5-4-6-8-20(18)27-22/h9-14H,4-8H2,1-3H3,(H,25,26)/b14-11+. The molecule has 0 saturated carbocycles. The Morgan fingerprint density at radius 3 is 2.52 bits per heavy atom. The smallest absolute Gasteiger partial charge is 0.249 e. The zero-order valence-corrected chi connectivity index (χ0v) is 17.1. The number of aryl methyl sites for hydroxylation is 1. The summed E-state index contributed by atoms with van der Waals surface area (Å²) in [5, 5.41) is 13.2. The van der Waals surface area contributed by atoms with Gasteiger partial charge in [-0.15, -0.1) is 11.3 Å². The first-order valence-corrected chi connectivity index (χ1v) is 10.3. The highest BCUT2D eigenvalue weighted by Gasteiger charge is 2.20. The molecule has 0 aliphatic heterocycles. The largest absolute Gasteiger partial charge is 0.313 e. The Morgan fingerprint density at radius 2 is 1.85 bits per heavy atom. The van der Waals surface area contributed by atoms with E-state index in [0.29, 0.717) is 10.6 Å². The molecule has 0 bridgehead atoms. The lowest BCUT2D eigenvalue weighted by molar-refractivity contribution is -0.111. The van der Waals surface area contributed by atoms with Gasteiger partial charge in [-0.2, -0.15) is 5.26 Å². The van der Waals surface area contributed by atoms with Crippen molar-refractivity contribution in [2.24, 2.45) is 0 Å². The molecule has 3 rings (SSSR count). The number of carbonyl (C=O) groups excluding carboxylic acids is 1. The van der Waals surface area contributed by atoms with Gasteiger partial charge in [0.2, 0.25) is 5.91 Å². The molecule has 1 N–H and O–H groups in total. The van der Waals surface area contributed by atoms with Crippen molar-refractivity contribution in [1.82, 2.24) is 0 Å². The second-order valence-corrected chi connectivity index (χ2v) is 9.18. The van der Waals surface area contributed by atoms with Crippen LogP contribution in [0.4, 0.5) is 5.00 Å². The number of nitrogens with one attached hydrogen (secondary N) is 1. The van der Waals surface area contributed by atoms with Gasteiger partial charge < -0.3 is 5.32 Å². The number of carbonyl (C=O) groups is 1. The molecule has 2 aromatic rings. The molecule has 140 valence electrons. The van der Waals surface area contributed by atoms with Crippen molar-refractivity contribution in [3.8, 4) is 6.07 Å². The monoisotopic (exact) mass is 378 g/mol. The first kappa shape index (κ1) is 19.4. The molecular weight excluding hydrogens is 352 g/mol. The predicted octanol–water partition coefficient (Wildman–Crippen LogP) is 5.84. The summed E-state index contributed by atoms with van der Waals surface area (Å²) < 4.78 is 0. The number of fused-ring (bicyclic) bond motifs is 1. The van der Waals surface area contributed by atoms with Crippen LogP contribution in [0.15, 0.2) is 30.3 Å². The van der Waals surface area contributed by atoms with Crippen LogP contribution in [0.1, 0.15) is 67.2 Å². The third-order valence-electron chi connectivity index (χ3n) is 4.97. The molecule has 1 aromatic heterocycles. The summed E-state index contributed by atoms with van der Waals surface area (Å²) in [4.78, 5) is 13.6. The lowest BCUT2D eigenvalue weighted by Crippen LogP contribution is -2.10. The van der Waals surface area contributed by atoms with Gasteiger partial charge in [-0.25, -0.2) is 0 Å². The third kappa shape index (κ3) is 4.67. The van der Waals surface area contributed by atoms with Crippen LogP contribution in [0.2, 0.25) is 0 Å². The first-order valence-electron chi connectivity index (χ1n) is 9.53. The lowest BCUT2D eigenvalue weighted by atomic mass is 9.87. The Kier molecular flexibility index (Phi) is 5.82. The highest BCUT2D eigenvalue weighted by molar-refractivity contribution is 7.16. The summed E-state index contributed by atoms with van der Waals surface area (Å²) in [5.41, 5.74) is 4.18. The summed E-state index contributed by atoms with van der Waals surface area (Å²) in [6.45, 7) is 6.54. The second kappa shape index (κ2) is 8.10. The van der Waals surface area contributed by atoms with Crippen molar-refractivity contribution in [3.63, 3.8) is 0 Å². The molecule has 1 heterocycles. The molecule has 1 aliphatic carbocycles. The Balaban J connectivity index is 1.71. The Morgan fingerprint density at radius 1 is 1.15 bits per heavy atom. The number of amides is 1. The van der Waals surface area contributed by atoms with Gasteiger partial charge in [-0.1, -0.05) is 51.5 Å². The zero-order chi connectivity index (χ0) is 19.4. The highest BCUT2D eigenvalue weighted by Crippen LogP contribution is 2.37. The van der Waals surface area contributed by atoms with Crippen molar-refractivity contribution in [3.05, 3.63) is 57.5 Å². The van der Waals surface area contributed by atoms with Gasteiger partial charge in [0.05, 0.1) is 5.56 Å². The van der Waals surface area contributed by atoms with Crippen LogP contribution < -0.4 is 5.32 Å². The summed E-state index contributed by atoms with van der Waals surface area (Å²) in [7, 11) is 0. The number of nitriles is 1. The topological polar surface area (TPSA) is 52.9 Å². The predicted molar refractivity (Wildman–Crippen MR) is 113 cm³/mol. The van der Waals surface area contributed by atoms with Crippen LogP contribution >= 0.6 is 11.3 Å². The molecule has 0 saturated heterocycles. The molecule has 3 nitrogen and oxygen atoms in total. The van der Waals surface area contributed by atoms with Gasteiger partial charge >= 0.3 is 0 Å². The molecule has 1 aliphatic rings. The Hall–Kier alpha value is -2.38. The van der Waals surface area contributed by atoms with E-state index >= 15 is 0 Å². The normalized spacial score (nSPS) is 14.4. The number of hydrogen-bond acceptors (Lipinski definition) is 3. The maximum atomic E-state index is 12.4. The fourth-order valence-electron chi connectivity index (χ4n) is 3.37. The Bertz CT molecular complexity index is 892. The van der Waals surface area contributed by atoms with E-state index in [4.69, 9.17) is 0 Å². The first-order chi connectivity index (χ1) is 12.9. The molecule has 0 atom stereocenters. The maximum absolute atomic E-state index is 12.4. The number of hydrogen-bond donors (Lipinski definition) is 1. The molecule has 0 fully saturated rings. The van der Waals surface area contributed by atoms with Gasteiger partial charge in [0.15, 0.2) is 0 Å². The lowest BCUT2D eigenvalue weighted by Gasteiger charge is -2.18. The molecule has 1 amide bonds. The van der Waals surface area contributed by atoms with E-state index in [1.807, 2.05) is 18.2 Å². The number of anilines is 1. The highest BCUT2D eigenvalue weighted by atomic mass is 32.1. The van der Waals surface area contributed by atoms with Crippen molar-refractivity contribution in [2.75, 3.05) is 5.32 Å². The molecule has 4 heteroatoms. The van der Waals surface area contributed by atoms with Crippen molar-refractivity contribution in [1.29, 1.82) is 5.26 Å². The van der Waals surface area contributed by atoms with Gasteiger partial charge in [-0.05, 0) is 53.9 Å². The van der Waals surface area contributed by atoms with Crippen LogP contribution in [0, 0.1) is 11.3 Å². The minimum Gasteiger partial charge on any atom is -0.313 e. The molecule has 27 heavy (non-hydrogen) atoms. The van der Waals surface area contributed by atoms with E-state index in [1.54, 1.807) is 11.3 Å². The van der Waals surface area contributed by atoms with Crippen molar-refractivity contribution < 1.29 is 4.79 Å². The average molecular weight is 379 g/mol. The maximum Gasteiger partial charge on any atom is 0.249 e. The third-order valence-corrected chi connectivity index (χ3v) is 6.18. The second-order valence-electron chi connectivity index (χ2n) is 8.07. The number of thiophene rings is 1. The quantitative estimate of drug-likeness (QED) is 0.539. The molecule has 0 spiro atoms. The number of rotatable bonds is 3. The van der Waals surface area contributed by atoms with Crippen LogP contribution in [-0.2, 0) is 23.1 Å². The van der Waals surface area contributed by atoms with Crippen LogP contribution in [0.3, 0.4) is 0 Å². The van der Waals surface area contributed by atoms with Crippen molar-refractivity contribution in [2.45, 2.75) is 58.3 Å². The number of nitrogens with zero attached hydrogens (tertiary/aromatic N) is 1. The van der Waals surface area contributed by atoms with Gasteiger partial charge in [0.1, 0.15) is 11.1 Å². The minimum absolute atomic E-state index is 0.116. The summed E-state index contributed by atoms with van der Waals surface area (Å²) in [6.07, 6.45) is 8.81. The van der Waals surface area contributed by atoms with E-state index in [2.05, 4.69) is 44.3 Å². The summed E-state index contributed by atoms with van der Waals surface area (Å²) >= 11 is 1.57. The number of benzene rings is 1. The SMILES string of the molecule is CC(C)(C)c1ccc(/C=C/C(=O)Nc2sc3c(c2C#N)CCCCC3)cc1. The van der Waals surface area contributed by atoms with E-state index in [-0.39, 0.29) is 11.3 Å². The van der Waals surface area contributed by atoms with E-state index in [0.717, 1.165) is 36.8 Å². The summed E-state index contributed by atoms with van der Waals surface area (Å²) in [6, 6.07) is 10.6.